The number of benzene rings is 1. The Kier molecular flexibility index (Phi) is 7.02. The molecular weight excluding hydrogens is 356 g/mol. The summed E-state index contributed by atoms with van der Waals surface area (Å²) in [5.74, 6) is -1.16. The van der Waals surface area contributed by atoms with E-state index in [0.29, 0.717) is 18.7 Å². The van der Waals surface area contributed by atoms with Crippen LogP contribution in [-0.2, 0) is 19.4 Å². The van der Waals surface area contributed by atoms with Gasteiger partial charge < -0.3 is 14.9 Å². The van der Waals surface area contributed by atoms with Crippen molar-refractivity contribution < 1.29 is 23.1 Å². The fourth-order valence-corrected chi connectivity index (χ4v) is 4.89. The third-order valence-corrected chi connectivity index (χ3v) is 6.25. The number of nitrogens with zero attached hydrogens (tertiary/aromatic N) is 2. The SMILES string of the molecule is CCCCN(C(=O)CN(CC(=O)O)c1ccccc1)C1CCS(=O)(=O)C1. The van der Waals surface area contributed by atoms with E-state index in [9.17, 15) is 23.1 Å². The Hall–Kier alpha value is -2.09. The molecule has 8 heteroatoms. The highest BCUT2D eigenvalue weighted by Gasteiger charge is 2.34. The van der Waals surface area contributed by atoms with E-state index < -0.39 is 15.8 Å². The molecule has 0 bridgehead atoms. The van der Waals surface area contributed by atoms with Crippen LogP contribution in [0.1, 0.15) is 26.2 Å². The lowest BCUT2D eigenvalue weighted by Crippen LogP contribution is -2.47. The van der Waals surface area contributed by atoms with Crippen molar-refractivity contribution in [2.24, 2.45) is 0 Å². The second-order valence-electron chi connectivity index (χ2n) is 6.58. The van der Waals surface area contributed by atoms with Crippen molar-refractivity contribution in [3.8, 4) is 0 Å². The van der Waals surface area contributed by atoms with Gasteiger partial charge in [-0.05, 0) is 25.0 Å². The van der Waals surface area contributed by atoms with Crippen molar-refractivity contribution in [3.63, 3.8) is 0 Å². The van der Waals surface area contributed by atoms with Crippen LogP contribution in [-0.4, -0.2) is 67.5 Å². The van der Waals surface area contributed by atoms with E-state index in [1.807, 2.05) is 13.0 Å². The summed E-state index contributed by atoms with van der Waals surface area (Å²) < 4.78 is 23.6. The summed E-state index contributed by atoms with van der Waals surface area (Å²) in [6.45, 7) is 2.12. The number of carbonyl (C=O) groups excluding carboxylic acids is 1. The van der Waals surface area contributed by atoms with E-state index in [0.717, 1.165) is 12.8 Å². The number of carboxylic acids is 1. The first-order chi connectivity index (χ1) is 12.3. The zero-order valence-electron chi connectivity index (χ0n) is 15.0. The highest BCUT2D eigenvalue weighted by molar-refractivity contribution is 7.91. The van der Waals surface area contributed by atoms with E-state index in [1.165, 1.54) is 4.90 Å². The topological polar surface area (TPSA) is 95.0 Å². The van der Waals surface area contributed by atoms with Crippen LogP contribution >= 0.6 is 0 Å². The molecule has 0 aromatic heterocycles. The van der Waals surface area contributed by atoms with Crippen molar-refractivity contribution in [3.05, 3.63) is 30.3 Å². The minimum absolute atomic E-state index is 0.00722. The molecule has 1 saturated heterocycles. The number of unbranched alkanes of at least 4 members (excludes halogenated alkanes) is 1. The van der Waals surface area contributed by atoms with Crippen LogP contribution in [0.15, 0.2) is 30.3 Å². The smallest absolute Gasteiger partial charge is 0.323 e. The fourth-order valence-electron chi connectivity index (χ4n) is 3.16. The van der Waals surface area contributed by atoms with Gasteiger partial charge in [0.15, 0.2) is 9.84 Å². The summed E-state index contributed by atoms with van der Waals surface area (Å²) in [7, 11) is -3.10. The molecule has 0 aliphatic carbocycles. The first-order valence-electron chi connectivity index (χ1n) is 8.84. The monoisotopic (exact) mass is 382 g/mol. The molecule has 1 N–H and O–H groups in total. The number of para-hydroxylation sites is 1. The zero-order chi connectivity index (χ0) is 19.2. The normalized spacial score (nSPS) is 18.4. The molecule has 1 aliphatic heterocycles. The highest BCUT2D eigenvalue weighted by atomic mass is 32.2. The number of hydrogen-bond acceptors (Lipinski definition) is 5. The van der Waals surface area contributed by atoms with Gasteiger partial charge in [-0.1, -0.05) is 31.5 Å². The molecule has 1 amide bonds. The molecule has 0 spiro atoms. The van der Waals surface area contributed by atoms with Crippen LogP contribution in [0.25, 0.3) is 0 Å². The summed E-state index contributed by atoms with van der Waals surface area (Å²) in [6, 6.07) is 8.59. The van der Waals surface area contributed by atoms with Crippen molar-refractivity contribution in [1.82, 2.24) is 4.90 Å². The molecule has 1 unspecified atom stereocenters. The van der Waals surface area contributed by atoms with Gasteiger partial charge in [0.25, 0.3) is 0 Å². The number of hydrogen-bond donors (Lipinski definition) is 1. The lowest BCUT2D eigenvalue weighted by atomic mass is 10.2. The Bertz CT molecular complexity index is 720. The molecule has 2 rings (SSSR count). The molecule has 144 valence electrons. The third kappa shape index (κ3) is 5.72. The number of anilines is 1. The first-order valence-corrected chi connectivity index (χ1v) is 10.7. The molecule has 1 aromatic carbocycles. The lowest BCUT2D eigenvalue weighted by Gasteiger charge is -2.31. The summed E-state index contributed by atoms with van der Waals surface area (Å²) in [5.41, 5.74) is 0.651. The number of rotatable bonds is 9. The standard InChI is InChI=1S/C18H26N2O5S/c1-2-3-10-20(16-9-11-26(24,25)14-16)17(21)12-19(13-18(22)23)15-7-5-4-6-8-15/h4-8,16H,2-3,9-14H2,1H3,(H,22,23). The van der Waals surface area contributed by atoms with Gasteiger partial charge in [0, 0.05) is 18.3 Å². The number of sulfone groups is 1. The number of carboxylic acid groups (broad SMARTS) is 1. The fraction of sp³-hybridized carbons (Fsp3) is 0.556. The van der Waals surface area contributed by atoms with Gasteiger partial charge in [0.1, 0.15) is 6.54 Å². The summed E-state index contributed by atoms with van der Waals surface area (Å²) >= 11 is 0. The Morgan fingerprint density at radius 2 is 1.88 bits per heavy atom. The van der Waals surface area contributed by atoms with Crippen LogP contribution in [0.4, 0.5) is 5.69 Å². The van der Waals surface area contributed by atoms with Gasteiger partial charge in [0.2, 0.25) is 5.91 Å². The Morgan fingerprint density at radius 3 is 2.42 bits per heavy atom. The third-order valence-electron chi connectivity index (χ3n) is 4.50. The van der Waals surface area contributed by atoms with Gasteiger partial charge in [-0.2, -0.15) is 0 Å². The quantitative estimate of drug-likeness (QED) is 0.694. The molecule has 7 nitrogen and oxygen atoms in total. The molecule has 26 heavy (non-hydrogen) atoms. The van der Waals surface area contributed by atoms with Crippen LogP contribution in [0, 0.1) is 0 Å². The summed E-state index contributed by atoms with van der Waals surface area (Å²) in [6.07, 6.45) is 2.12. The van der Waals surface area contributed by atoms with E-state index in [4.69, 9.17) is 0 Å². The molecule has 0 radical (unpaired) electrons. The zero-order valence-corrected chi connectivity index (χ0v) is 15.8. The summed E-state index contributed by atoms with van der Waals surface area (Å²) in [5, 5.41) is 9.17. The van der Waals surface area contributed by atoms with Gasteiger partial charge >= 0.3 is 5.97 Å². The van der Waals surface area contributed by atoms with E-state index in [2.05, 4.69) is 0 Å². The molecule has 1 atom stereocenters. The Morgan fingerprint density at radius 1 is 1.19 bits per heavy atom. The second-order valence-corrected chi connectivity index (χ2v) is 8.81. The van der Waals surface area contributed by atoms with Crippen molar-refractivity contribution in [1.29, 1.82) is 0 Å². The predicted molar refractivity (Wildman–Crippen MR) is 100.0 cm³/mol. The van der Waals surface area contributed by atoms with Gasteiger partial charge in [-0.3, -0.25) is 9.59 Å². The van der Waals surface area contributed by atoms with E-state index in [-0.39, 0.29) is 36.5 Å². The molecule has 1 aliphatic rings. The van der Waals surface area contributed by atoms with Gasteiger partial charge in [-0.15, -0.1) is 0 Å². The highest BCUT2D eigenvalue weighted by Crippen LogP contribution is 2.20. The Balaban J connectivity index is 2.15. The lowest BCUT2D eigenvalue weighted by molar-refractivity contribution is -0.135. The van der Waals surface area contributed by atoms with Crippen molar-refractivity contribution in [2.75, 3.05) is 36.0 Å². The second kappa shape index (κ2) is 9.02. The minimum atomic E-state index is -3.10. The van der Waals surface area contributed by atoms with E-state index in [1.54, 1.807) is 29.2 Å². The maximum atomic E-state index is 12.9. The first kappa shape index (κ1) is 20.2. The van der Waals surface area contributed by atoms with Gasteiger partial charge in [0.05, 0.1) is 18.1 Å². The molecule has 0 saturated carbocycles. The average Bonchev–Trinajstić information content (AvgIpc) is 2.94. The maximum Gasteiger partial charge on any atom is 0.323 e. The summed E-state index contributed by atoms with van der Waals surface area (Å²) in [4.78, 5) is 27.2. The molecular formula is C18H26N2O5S. The number of aliphatic carboxylic acids is 1. The number of carbonyl (C=O) groups is 2. The maximum absolute atomic E-state index is 12.9. The largest absolute Gasteiger partial charge is 0.480 e. The number of amides is 1. The van der Waals surface area contributed by atoms with Crippen molar-refractivity contribution >= 4 is 27.4 Å². The predicted octanol–water partition coefficient (Wildman–Crippen LogP) is 1.39. The van der Waals surface area contributed by atoms with E-state index >= 15 is 0 Å². The Labute approximate surface area is 154 Å². The molecule has 1 fully saturated rings. The molecule has 1 aromatic rings. The van der Waals surface area contributed by atoms with Crippen LogP contribution in [0.5, 0.6) is 0 Å². The molecule has 1 heterocycles. The van der Waals surface area contributed by atoms with Crippen LogP contribution in [0.3, 0.4) is 0 Å². The van der Waals surface area contributed by atoms with Crippen LogP contribution < -0.4 is 4.90 Å². The van der Waals surface area contributed by atoms with Gasteiger partial charge in [-0.25, -0.2) is 8.42 Å². The minimum Gasteiger partial charge on any atom is -0.480 e. The van der Waals surface area contributed by atoms with Crippen LogP contribution in [0.2, 0.25) is 0 Å². The average molecular weight is 382 g/mol. The van der Waals surface area contributed by atoms with Crippen molar-refractivity contribution in [2.45, 2.75) is 32.2 Å².